The van der Waals surface area contributed by atoms with Crippen LogP contribution >= 0.6 is 0 Å². The van der Waals surface area contributed by atoms with Crippen molar-refractivity contribution in [3.63, 3.8) is 0 Å². The van der Waals surface area contributed by atoms with Crippen molar-refractivity contribution in [3.05, 3.63) is 54.4 Å². The number of halogens is 1. The van der Waals surface area contributed by atoms with Crippen molar-refractivity contribution in [2.75, 3.05) is 11.9 Å². The van der Waals surface area contributed by atoms with E-state index in [0.717, 1.165) is 5.69 Å². The standard InChI is InChI=1S/C12H13FN4/c13-9-3-1-2-4-10(9)17-12(7-14)11-5-6-15-8-16-11/h1-6,8,12,17H,7,14H2. The molecule has 5 heteroatoms. The van der Waals surface area contributed by atoms with Crippen LogP contribution < -0.4 is 11.1 Å². The molecule has 1 unspecified atom stereocenters. The molecule has 0 amide bonds. The average molecular weight is 232 g/mol. The summed E-state index contributed by atoms with van der Waals surface area (Å²) in [5.41, 5.74) is 6.82. The molecular weight excluding hydrogens is 219 g/mol. The molecule has 1 heterocycles. The summed E-state index contributed by atoms with van der Waals surface area (Å²) >= 11 is 0. The third-order valence-corrected chi connectivity index (χ3v) is 2.40. The second-order valence-electron chi connectivity index (χ2n) is 3.55. The van der Waals surface area contributed by atoms with E-state index in [1.807, 2.05) is 0 Å². The Morgan fingerprint density at radius 2 is 2.12 bits per heavy atom. The van der Waals surface area contributed by atoms with Crippen LogP contribution in [-0.4, -0.2) is 16.5 Å². The van der Waals surface area contributed by atoms with Crippen LogP contribution in [0.5, 0.6) is 0 Å². The fourth-order valence-electron chi connectivity index (χ4n) is 1.53. The number of hydrogen-bond donors (Lipinski definition) is 2. The highest BCUT2D eigenvalue weighted by molar-refractivity contribution is 5.46. The van der Waals surface area contributed by atoms with Gasteiger partial charge >= 0.3 is 0 Å². The zero-order valence-electron chi connectivity index (χ0n) is 9.18. The van der Waals surface area contributed by atoms with Gasteiger partial charge in [-0.2, -0.15) is 0 Å². The van der Waals surface area contributed by atoms with Gasteiger partial charge in [-0.25, -0.2) is 14.4 Å². The van der Waals surface area contributed by atoms with E-state index in [-0.39, 0.29) is 11.9 Å². The highest BCUT2D eigenvalue weighted by atomic mass is 19.1. The molecule has 17 heavy (non-hydrogen) atoms. The molecule has 2 rings (SSSR count). The number of nitrogens with two attached hydrogens (primary N) is 1. The van der Waals surface area contributed by atoms with Gasteiger partial charge in [0.05, 0.1) is 17.4 Å². The average Bonchev–Trinajstić information content (AvgIpc) is 2.39. The van der Waals surface area contributed by atoms with Crippen LogP contribution in [0, 0.1) is 5.82 Å². The van der Waals surface area contributed by atoms with Gasteiger partial charge in [0.15, 0.2) is 0 Å². The topological polar surface area (TPSA) is 63.8 Å². The molecule has 3 N–H and O–H groups in total. The molecule has 88 valence electrons. The molecular formula is C12H13FN4. The molecule has 0 fully saturated rings. The number of hydrogen-bond acceptors (Lipinski definition) is 4. The van der Waals surface area contributed by atoms with Crippen LogP contribution in [0.2, 0.25) is 0 Å². The van der Waals surface area contributed by atoms with E-state index in [2.05, 4.69) is 15.3 Å². The van der Waals surface area contributed by atoms with Gasteiger partial charge < -0.3 is 11.1 Å². The van der Waals surface area contributed by atoms with E-state index in [0.29, 0.717) is 12.2 Å². The van der Waals surface area contributed by atoms with Crippen molar-refractivity contribution in [3.8, 4) is 0 Å². The predicted molar refractivity (Wildman–Crippen MR) is 63.9 cm³/mol. The lowest BCUT2D eigenvalue weighted by Gasteiger charge is -2.17. The number of para-hydroxylation sites is 1. The Balaban J connectivity index is 2.19. The highest BCUT2D eigenvalue weighted by Crippen LogP contribution is 2.19. The van der Waals surface area contributed by atoms with Gasteiger partial charge in [-0.15, -0.1) is 0 Å². The Kier molecular flexibility index (Phi) is 3.62. The fourth-order valence-corrected chi connectivity index (χ4v) is 1.53. The lowest BCUT2D eigenvalue weighted by atomic mass is 10.2. The van der Waals surface area contributed by atoms with Gasteiger partial charge in [0.2, 0.25) is 0 Å². The Hall–Kier alpha value is -2.01. The van der Waals surface area contributed by atoms with Crippen LogP contribution in [0.3, 0.4) is 0 Å². The molecule has 1 aromatic carbocycles. The lowest BCUT2D eigenvalue weighted by Crippen LogP contribution is -2.22. The lowest BCUT2D eigenvalue weighted by molar-refractivity contribution is 0.624. The van der Waals surface area contributed by atoms with Crippen LogP contribution in [-0.2, 0) is 0 Å². The summed E-state index contributed by atoms with van der Waals surface area (Å²) in [7, 11) is 0. The summed E-state index contributed by atoms with van der Waals surface area (Å²) in [4.78, 5) is 7.93. The van der Waals surface area contributed by atoms with E-state index in [1.165, 1.54) is 12.4 Å². The maximum atomic E-state index is 13.5. The Morgan fingerprint density at radius 1 is 1.29 bits per heavy atom. The van der Waals surface area contributed by atoms with E-state index >= 15 is 0 Å². The molecule has 0 aliphatic rings. The first-order valence-electron chi connectivity index (χ1n) is 5.28. The molecule has 4 nitrogen and oxygen atoms in total. The SMILES string of the molecule is NCC(Nc1ccccc1F)c1ccncn1. The molecule has 0 bridgehead atoms. The summed E-state index contributed by atoms with van der Waals surface area (Å²) in [6.45, 7) is 0.325. The molecule has 0 spiro atoms. The second kappa shape index (κ2) is 5.36. The van der Waals surface area contributed by atoms with Crippen LogP contribution in [0.25, 0.3) is 0 Å². The first-order chi connectivity index (χ1) is 8.31. The van der Waals surface area contributed by atoms with Crippen molar-refractivity contribution >= 4 is 5.69 Å². The monoisotopic (exact) mass is 232 g/mol. The fraction of sp³-hybridized carbons (Fsp3) is 0.167. The summed E-state index contributed by atoms with van der Waals surface area (Å²) in [5, 5.41) is 3.02. The first kappa shape index (κ1) is 11.5. The zero-order chi connectivity index (χ0) is 12.1. The molecule has 1 aromatic heterocycles. The predicted octanol–water partition coefficient (Wildman–Crippen LogP) is 1.73. The molecule has 0 saturated carbocycles. The number of aromatic nitrogens is 2. The number of nitrogens with zero attached hydrogens (tertiary/aromatic N) is 2. The van der Waals surface area contributed by atoms with Crippen LogP contribution in [0.1, 0.15) is 11.7 Å². The third-order valence-electron chi connectivity index (χ3n) is 2.40. The Bertz CT molecular complexity index is 475. The normalized spacial score (nSPS) is 12.1. The zero-order valence-corrected chi connectivity index (χ0v) is 9.18. The van der Waals surface area contributed by atoms with Crippen LogP contribution in [0.4, 0.5) is 10.1 Å². The number of nitrogens with one attached hydrogen (secondary N) is 1. The third kappa shape index (κ3) is 2.76. The van der Waals surface area contributed by atoms with E-state index in [1.54, 1.807) is 30.5 Å². The maximum Gasteiger partial charge on any atom is 0.146 e. The highest BCUT2D eigenvalue weighted by Gasteiger charge is 2.12. The van der Waals surface area contributed by atoms with Gasteiger partial charge in [0.25, 0.3) is 0 Å². The minimum atomic E-state index is -0.306. The van der Waals surface area contributed by atoms with Gasteiger partial charge in [-0.1, -0.05) is 12.1 Å². The van der Waals surface area contributed by atoms with E-state index in [9.17, 15) is 4.39 Å². The Labute approximate surface area is 98.7 Å². The minimum Gasteiger partial charge on any atom is -0.373 e. The first-order valence-corrected chi connectivity index (χ1v) is 5.28. The van der Waals surface area contributed by atoms with Crippen molar-refractivity contribution in [1.82, 2.24) is 9.97 Å². The van der Waals surface area contributed by atoms with Crippen molar-refractivity contribution < 1.29 is 4.39 Å². The molecule has 0 saturated heterocycles. The summed E-state index contributed by atoms with van der Waals surface area (Å²) in [6.07, 6.45) is 3.08. The Morgan fingerprint density at radius 3 is 2.76 bits per heavy atom. The van der Waals surface area contributed by atoms with Gasteiger partial charge in [0.1, 0.15) is 12.1 Å². The second-order valence-corrected chi connectivity index (χ2v) is 3.55. The van der Waals surface area contributed by atoms with E-state index < -0.39 is 0 Å². The molecule has 1 atom stereocenters. The van der Waals surface area contributed by atoms with Crippen molar-refractivity contribution in [2.24, 2.45) is 5.73 Å². The summed E-state index contributed by atoms with van der Waals surface area (Å²) < 4.78 is 13.5. The van der Waals surface area contributed by atoms with Gasteiger partial charge in [0, 0.05) is 12.7 Å². The molecule has 0 radical (unpaired) electrons. The van der Waals surface area contributed by atoms with Crippen LogP contribution in [0.15, 0.2) is 42.9 Å². The molecule has 2 aromatic rings. The number of benzene rings is 1. The largest absolute Gasteiger partial charge is 0.373 e. The van der Waals surface area contributed by atoms with Gasteiger partial charge in [-0.3, -0.25) is 0 Å². The van der Waals surface area contributed by atoms with Crippen molar-refractivity contribution in [2.45, 2.75) is 6.04 Å². The molecule has 0 aliphatic carbocycles. The minimum absolute atomic E-state index is 0.227. The summed E-state index contributed by atoms with van der Waals surface area (Å²) in [5.74, 6) is -0.306. The van der Waals surface area contributed by atoms with E-state index in [4.69, 9.17) is 5.73 Å². The van der Waals surface area contributed by atoms with Crippen molar-refractivity contribution in [1.29, 1.82) is 0 Å². The summed E-state index contributed by atoms with van der Waals surface area (Å²) in [6, 6.07) is 8.00. The quantitative estimate of drug-likeness (QED) is 0.842. The van der Waals surface area contributed by atoms with Gasteiger partial charge in [-0.05, 0) is 18.2 Å². The maximum absolute atomic E-state index is 13.5. The smallest absolute Gasteiger partial charge is 0.146 e. The number of anilines is 1. The number of rotatable bonds is 4. The molecule has 0 aliphatic heterocycles.